The average molecular weight is 475 g/mol. The van der Waals surface area contributed by atoms with Gasteiger partial charge in [-0.25, -0.2) is 0 Å². The first-order chi connectivity index (χ1) is 16.9. The number of benzene rings is 3. The third-order valence-electron chi connectivity index (χ3n) is 6.09. The lowest BCUT2D eigenvalue weighted by Crippen LogP contribution is -2.41. The molecule has 2 aliphatic rings. The van der Waals surface area contributed by atoms with E-state index in [-0.39, 0.29) is 23.2 Å². The molecule has 3 aromatic rings. The Kier molecular flexibility index (Phi) is 6.92. The van der Waals surface area contributed by atoms with Crippen molar-refractivity contribution < 1.29 is 29.6 Å². The van der Waals surface area contributed by atoms with Crippen LogP contribution in [0.4, 0.5) is 5.69 Å². The minimum absolute atomic E-state index is 0.157. The molecule has 0 radical (unpaired) electrons. The van der Waals surface area contributed by atoms with Crippen LogP contribution in [0.15, 0.2) is 60.7 Å². The van der Waals surface area contributed by atoms with Gasteiger partial charge in [-0.1, -0.05) is 30.3 Å². The smallest absolute Gasteiger partial charge is 0.268 e. The number of nitrogens with zero attached hydrogens (tertiary/aromatic N) is 2. The van der Waals surface area contributed by atoms with Gasteiger partial charge in [0, 0.05) is 30.4 Å². The molecule has 3 aromatic carbocycles. The second-order valence-electron chi connectivity index (χ2n) is 8.28. The summed E-state index contributed by atoms with van der Waals surface area (Å²) in [5.74, 6) is -0.898. The highest BCUT2D eigenvalue weighted by Crippen LogP contribution is 2.48. The number of fused-ring (bicyclic) bond motifs is 1. The van der Waals surface area contributed by atoms with E-state index in [1.165, 1.54) is 17.7 Å². The number of rotatable bonds is 4. The molecule has 1 atom stereocenters. The molecular formula is C27H26N2O6. The molecule has 1 fully saturated rings. The molecule has 2 aliphatic heterocycles. The van der Waals surface area contributed by atoms with Crippen LogP contribution < -0.4 is 9.64 Å². The van der Waals surface area contributed by atoms with Crippen molar-refractivity contribution in [2.75, 3.05) is 25.2 Å². The van der Waals surface area contributed by atoms with E-state index >= 15 is 0 Å². The van der Waals surface area contributed by atoms with Crippen LogP contribution >= 0.6 is 0 Å². The predicted molar refractivity (Wildman–Crippen MR) is 128 cm³/mol. The van der Waals surface area contributed by atoms with E-state index in [1.807, 2.05) is 12.1 Å². The Bertz CT molecular complexity index is 1260. The highest BCUT2D eigenvalue weighted by Gasteiger charge is 2.52. The van der Waals surface area contributed by atoms with E-state index in [4.69, 9.17) is 9.47 Å². The van der Waals surface area contributed by atoms with Gasteiger partial charge in [-0.2, -0.15) is 5.26 Å². The first kappa shape index (κ1) is 24.1. The molecule has 0 aromatic heterocycles. The summed E-state index contributed by atoms with van der Waals surface area (Å²) in [6, 6.07) is 17.8. The van der Waals surface area contributed by atoms with Gasteiger partial charge in [0.25, 0.3) is 5.91 Å². The minimum Gasteiger partial charge on any atom is -0.507 e. The standard InChI is InChI=1S/C23H18N2O5.C4H8O/c1-30-16-8-6-14(7-9-16)13-25-19-5-3-2-4-17(19)23(29,22(25)28)18-10-15(12-24)20(26)11-21(18)27;1-2-4-5-3-1/h2-11,26-27,29H,13H2,1H3;1-4H2. The topological polar surface area (TPSA) is 123 Å². The van der Waals surface area contributed by atoms with Crippen molar-refractivity contribution in [3.05, 3.63) is 82.9 Å². The Balaban J connectivity index is 0.000000514. The lowest BCUT2D eigenvalue weighted by molar-refractivity contribution is -0.132. The third-order valence-corrected chi connectivity index (χ3v) is 6.09. The van der Waals surface area contributed by atoms with E-state index in [9.17, 15) is 25.4 Å². The summed E-state index contributed by atoms with van der Waals surface area (Å²) >= 11 is 0. The fraction of sp³-hybridized carbons (Fsp3) is 0.259. The van der Waals surface area contributed by atoms with Gasteiger partial charge in [0.15, 0.2) is 5.60 Å². The largest absolute Gasteiger partial charge is 0.507 e. The van der Waals surface area contributed by atoms with Crippen molar-refractivity contribution in [2.45, 2.75) is 25.0 Å². The van der Waals surface area contributed by atoms with Crippen LogP contribution in [0.5, 0.6) is 17.2 Å². The average Bonchev–Trinajstić information content (AvgIpc) is 3.52. The number of amides is 1. The van der Waals surface area contributed by atoms with Gasteiger partial charge in [-0.05, 0) is 42.7 Å². The fourth-order valence-corrected chi connectivity index (χ4v) is 4.23. The second kappa shape index (κ2) is 10.1. The van der Waals surface area contributed by atoms with Crippen molar-refractivity contribution in [3.8, 4) is 23.3 Å². The first-order valence-electron chi connectivity index (χ1n) is 11.2. The first-order valence-corrected chi connectivity index (χ1v) is 11.2. The van der Waals surface area contributed by atoms with E-state index in [0.29, 0.717) is 11.4 Å². The lowest BCUT2D eigenvalue weighted by atomic mass is 9.86. The number of hydrogen-bond donors (Lipinski definition) is 3. The molecule has 1 saturated heterocycles. The number of hydrogen-bond acceptors (Lipinski definition) is 7. The summed E-state index contributed by atoms with van der Waals surface area (Å²) in [4.78, 5) is 14.9. The van der Waals surface area contributed by atoms with Crippen molar-refractivity contribution in [1.29, 1.82) is 5.26 Å². The summed E-state index contributed by atoms with van der Waals surface area (Å²) in [5, 5.41) is 41.0. The molecule has 3 N–H and O–H groups in total. The molecule has 0 aliphatic carbocycles. The number of phenols is 2. The molecule has 180 valence electrons. The summed E-state index contributed by atoms with van der Waals surface area (Å²) in [6.07, 6.45) is 2.56. The predicted octanol–water partition coefficient (Wildman–Crippen LogP) is 3.56. The molecule has 0 spiro atoms. The number of phenolic OH excluding ortho intramolecular Hbond substituents is 2. The molecule has 8 heteroatoms. The highest BCUT2D eigenvalue weighted by molar-refractivity contribution is 6.09. The SMILES string of the molecule is C1CCOC1.COc1ccc(CN2C(=O)C(O)(c3cc(C#N)c(O)cc3O)c3ccccc32)cc1. The van der Waals surface area contributed by atoms with Crippen molar-refractivity contribution in [3.63, 3.8) is 0 Å². The molecular weight excluding hydrogens is 448 g/mol. The summed E-state index contributed by atoms with van der Waals surface area (Å²) in [7, 11) is 1.56. The number of aromatic hydroxyl groups is 2. The molecule has 1 amide bonds. The molecule has 35 heavy (non-hydrogen) atoms. The maximum atomic E-state index is 13.4. The number of nitriles is 1. The molecule has 0 bridgehead atoms. The number of carbonyl (C=O) groups is 1. The van der Waals surface area contributed by atoms with Crippen LogP contribution in [0.25, 0.3) is 0 Å². The number of para-hydroxylation sites is 1. The van der Waals surface area contributed by atoms with Gasteiger partial charge in [0.05, 0.1) is 24.9 Å². The van der Waals surface area contributed by atoms with Gasteiger partial charge >= 0.3 is 0 Å². The Labute approximate surface area is 203 Å². The van der Waals surface area contributed by atoms with Crippen LogP contribution in [0, 0.1) is 11.3 Å². The number of carbonyl (C=O) groups excluding carboxylic acids is 1. The molecule has 5 rings (SSSR count). The van der Waals surface area contributed by atoms with Gasteiger partial charge in [0.1, 0.15) is 23.3 Å². The van der Waals surface area contributed by atoms with Crippen molar-refractivity contribution in [2.24, 2.45) is 0 Å². The van der Waals surface area contributed by atoms with Gasteiger partial charge in [-0.3, -0.25) is 4.79 Å². The van der Waals surface area contributed by atoms with Crippen LogP contribution in [0.2, 0.25) is 0 Å². The zero-order valence-electron chi connectivity index (χ0n) is 19.3. The van der Waals surface area contributed by atoms with Crippen LogP contribution in [0.1, 0.15) is 35.1 Å². The summed E-state index contributed by atoms with van der Waals surface area (Å²) in [5.41, 5.74) is -0.926. The normalized spacial score (nSPS) is 18.4. The highest BCUT2D eigenvalue weighted by atomic mass is 16.5. The third kappa shape index (κ3) is 4.52. The zero-order valence-corrected chi connectivity index (χ0v) is 19.3. The van der Waals surface area contributed by atoms with Crippen molar-refractivity contribution in [1.82, 2.24) is 0 Å². The van der Waals surface area contributed by atoms with Gasteiger partial charge < -0.3 is 29.7 Å². The molecule has 2 heterocycles. The van der Waals surface area contributed by atoms with E-state index < -0.39 is 23.0 Å². The maximum absolute atomic E-state index is 13.4. The number of methoxy groups -OCH3 is 1. The van der Waals surface area contributed by atoms with Crippen molar-refractivity contribution >= 4 is 11.6 Å². The van der Waals surface area contributed by atoms with Crippen LogP contribution in [0.3, 0.4) is 0 Å². The Morgan fingerprint density at radius 3 is 2.31 bits per heavy atom. The van der Waals surface area contributed by atoms with E-state index in [0.717, 1.165) is 30.9 Å². The molecule has 1 unspecified atom stereocenters. The Hall–Kier alpha value is -4.06. The summed E-state index contributed by atoms with van der Waals surface area (Å²) < 4.78 is 10.1. The quantitative estimate of drug-likeness (QED) is 0.528. The summed E-state index contributed by atoms with van der Waals surface area (Å²) in [6.45, 7) is 2.19. The maximum Gasteiger partial charge on any atom is 0.268 e. The minimum atomic E-state index is -2.20. The monoisotopic (exact) mass is 474 g/mol. The zero-order chi connectivity index (χ0) is 25.0. The Morgan fingerprint density at radius 2 is 1.71 bits per heavy atom. The molecule has 0 saturated carbocycles. The van der Waals surface area contributed by atoms with Gasteiger partial charge in [-0.15, -0.1) is 0 Å². The second-order valence-corrected chi connectivity index (χ2v) is 8.28. The Morgan fingerprint density at radius 1 is 1.03 bits per heavy atom. The van der Waals surface area contributed by atoms with E-state index in [2.05, 4.69) is 0 Å². The van der Waals surface area contributed by atoms with E-state index in [1.54, 1.807) is 49.6 Å². The fourth-order valence-electron chi connectivity index (χ4n) is 4.23. The number of aliphatic hydroxyl groups is 1. The number of anilines is 1. The van der Waals surface area contributed by atoms with Crippen LogP contribution in [-0.2, 0) is 21.7 Å². The number of ether oxygens (including phenoxy) is 2. The molecule has 8 nitrogen and oxygen atoms in total. The van der Waals surface area contributed by atoms with Crippen LogP contribution in [-0.4, -0.2) is 41.6 Å². The van der Waals surface area contributed by atoms with Gasteiger partial charge in [0.2, 0.25) is 0 Å². The lowest BCUT2D eigenvalue weighted by Gasteiger charge is -2.25.